The lowest BCUT2D eigenvalue weighted by Crippen LogP contribution is -2.28. The van der Waals surface area contributed by atoms with Crippen molar-refractivity contribution >= 4 is 11.6 Å². The summed E-state index contributed by atoms with van der Waals surface area (Å²) in [4.78, 5) is 15.6. The van der Waals surface area contributed by atoms with Crippen LogP contribution in [0.2, 0.25) is 0 Å². The predicted molar refractivity (Wildman–Crippen MR) is 71.3 cm³/mol. The summed E-state index contributed by atoms with van der Waals surface area (Å²) in [5.41, 5.74) is 6.49. The van der Waals surface area contributed by atoms with Gasteiger partial charge in [0.05, 0.1) is 24.1 Å². The van der Waals surface area contributed by atoms with Gasteiger partial charge in [0, 0.05) is 19.3 Å². The van der Waals surface area contributed by atoms with Crippen LogP contribution >= 0.6 is 0 Å². The third-order valence-corrected chi connectivity index (χ3v) is 2.47. The predicted octanol–water partition coefficient (Wildman–Crippen LogP) is 1.46. The van der Waals surface area contributed by atoms with E-state index in [0.717, 1.165) is 13.0 Å². The van der Waals surface area contributed by atoms with E-state index < -0.39 is 0 Å². The van der Waals surface area contributed by atoms with Crippen molar-refractivity contribution in [1.82, 2.24) is 10.3 Å². The summed E-state index contributed by atoms with van der Waals surface area (Å²) in [5.74, 6) is 0.443. The number of carbonyl (C=O) groups excluding carboxylic acids is 1. The van der Waals surface area contributed by atoms with Gasteiger partial charge in [-0.1, -0.05) is 13.8 Å². The van der Waals surface area contributed by atoms with Gasteiger partial charge in [-0.3, -0.25) is 9.78 Å². The molecule has 3 N–H and O–H groups in total. The lowest BCUT2D eigenvalue weighted by atomic mass is 10.1. The van der Waals surface area contributed by atoms with Gasteiger partial charge in [0.1, 0.15) is 0 Å². The molecule has 1 aromatic heterocycles. The number of anilines is 1. The first kappa shape index (κ1) is 14.4. The van der Waals surface area contributed by atoms with Gasteiger partial charge in [0.15, 0.2) is 0 Å². The molecule has 0 bridgehead atoms. The molecule has 0 aromatic carbocycles. The molecular formula is C13H21N3O2. The summed E-state index contributed by atoms with van der Waals surface area (Å²) < 4.78 is 5.40. The standard InChI is InChI=1S/C13H21N3O2/c1-10(2)4-7-18-8-6-16-13(17)11-3-5-15-9-12(11)14/h3,5,9-10H,4,6-8,14H2,1-2H3,(H,16,17). The van der Waals surface area contributed by atoms with Crippen LogP contribution < -0.4 is 11.1 Å². The van der Waals surface area contributed by atoms with Crippen molar-refractivity contribution in [3.63, 3.8) is 0 Å². The van der Waals surface area contributed by atoms with E-state index in [-0.39, 0.29) is 5.91 Å². The van der Waals surface area contributed by atoms with Gasteiger partial charge in [0.2, 0.25) is 0 Å². The molecule has 0 aliphatic carbocycles. The minimum atomic E-state index is -0.192. The van der Waals surface area contributed by atoms with Crippen LogP contribution in [0.1, 0.15) is 30.6 Å². The smallest absolute Gasteiger partial charge is 0.253 e. The molecule has 0 unspecified atom stereocenters. The molecule has 0 atom stereocenters. The molecule has 5 heteroatoms. The largest absolute Gasteiger partial charge is 0.397 e. The van der Waals surface area contributed by atoms with Crippen LogP contribution in [0.15, 0.2) is 18.5 Å². The van der Waals surface area contributed by atoms with Gasteiger partial charge >= 0.3 is 0 Å². The van der Waals surface area contributed by atoms with Gasteiger partial charge in [-0.2, -0.15) is 0 Å². The Morgan fingerprint density at radius 3 is 2.94 bits per heavy atom. The van der Waals surface area contributed by atoms with Gasteiger partial charge in [-0.05, 0) is 18.4 Å². The Kier molecular flexibility index (Phi) is 6.14. The number of nitrogens with two attached hydrogens (primary N) is 1. The molecule has 0 fully saturated rings. The Labute approximate surface area is 108 Å². The van der Waals surface area contributed by atoms with Crippen LogP contribution in [-0.2, 0) is 4.74 Å². The van der Waals surface area contributed by atoms with Crippen molar-refractivity contribution in [1.29, 1.82) is 0 Å². The monoisotopic (exact) mass is 251 g/mol. The van der Waals surface area contributed by atoms with Crippen molar-refractivity contribution in [3.8, 4) is 0 Å². The van der Waals surface area contributed by atoms with Gasteiger partial charge in [-0.25, -0.2) is 0 Å². The highest BCUT2D eigenvalue weighted by molar-refractivity contribution is 5.98. The van der Waals surface area contributed by atoms with E-state index in [1.54, 1.807) is 12.3 Å². The number of pyridine rings is 1. The first-order valence-electron chi connectivity index (χ1n) is 6.16. The van der Waals surface area contributed by atoms with E-state index in [0.29, 0.717) is 30.3 Å². The summed E-state index contributed by atoms with van der Waals surface area (Å²) in [6, 6.07) is 1.60. The number of hydrogen-bond acceptors (Lipinski definition) is 4. The Morgan fingerprint density at radius 1 is 1.50 bits per heavy atom. The summed E-state index contributed by atoms with van der Waals surface area (Å²) in [6.45, 7) is 6.03. The van der Waals surface area contributed by atoms with E-state index in [4.69, 9.17) is 10.5 Å². The normalized spacial score (nSPS) is 10.6. The average molecular weight is 251 g/mol. The fourth-order valence-corrected chi connectivity index (χ4v) is 1.37. The first-order valence-corrected chi connectivity index (χ1v) is 6.16. The fraction of sp³-hybridized carbons (Fsp3) is 0.538. The Balaban J connectivity index is 2.20. The van der Waals surface area contributed by atoms with E-state index in [1.807, 2.05) is 0 Å². The minimum Gasteiger partial charge on any atom is -0.397 e. The second-order valence-electron chi connectivity index (χ2n) is 4.51. The number of ether oxygens (including phenoxy) is 1. The zero-order valence-corrected chi connectivity index (χ0v) is 11.0. The highest BCUT2D eigenvalue weighted by Gasteiger charge is 2.07. The number of hydrogen-bond donors (Lipinski definition) is 2. The summed E-state index contributed by atoms with van der Waals surface area (Å²) in [6.07, 6.45) is 4.05. The van der Waals surface area contributed by atoms with Gasteiger partial charge in [-0.15, -0.1) is 0 Å². The molecule has 1 rings (SSSR count). The molecule has 18 heavy (non-hydrogen) atoms. The van der Waals surface area contributed by atoms with Crippen molar-refractivity contribution in [2.75, 3.05) is 25.5 Å². The molecule has 1 amide bonds. The number of carbonyl (C=O) groups is 1. The van der Waals surface area contributed by atoms with Crippen molar-refractivity contribution in [3.05, 3.63) is 24.0 Å². The second-order valence-corrected chi connectivity index (χ2v) is 4.51. The molecule has 5 nitrogen and oxygen atoms in total. The number of rotatable bonds is 7. The Hall–Kier alpha value is -1.62. The maximum atomic E-state index is 11.7. The first-order chi connectivity index (χ1) is 8.61. The Morgan fingerprint density at radius 2 is 2.28 bits per heavy atom. The SMILES string of the molecule is CC(C)CCOCCNC(=O)c1ccncc1N. The van der Waals surface area contributed by atoms with Gasteiger partial charge in [0.25, 0.3) is 5.91 Å². The molecular weight excluding hydrogens is 230 g/mol. The lowest BCUT2D eigenvalue weighted by molar-refractivity contribution is 0.0906. The van der Waals surface area contributed by atoms with Crippen molar-refractivity contribution in [2.45, 2.75) is 20.3 Å². The van der Waals surface area contributed by atoms with Crippen molar-refractivity contribution in [2.24, 2.45) is 5.92 Å². The average Bonchev–Trinajstić information content (AvgIpc) is 2.33. The van der Waals surface area contributed by atoms with Crippen LogP contribution in [0, 0.1) is 5.92 Å². The zero-order chi connectivity index (χ0) is 13.4. The topological polar surface area (TPSA) is 77.2 Å². The molecule has 0 radical (unpaired) electrons. The molecule has 0 aliphatic rings. The van der Waals surface area contributed by atoms with Crippen LogP contribution in [0.3, 0.4) is 0 Å². The minimum absolute atomic E-state index is 0.192. The van der Waals surface area contributed by atoms with E-state index in [1.165, 1.54) is 6.20 Å². The molecule has 0 spiro atoms. The quantitative estimate of drug-likeness (QED) is 0.719. The molecule has 1 heterocycles. The number of amides is 1. The maximum absolute atomic E-state index is 11.7. The highest BCUT2D eigenvalue weighted by Crippen LogP contribution is 2.07. The summed E-state index contributed by atoms with van der Waals surface area (Å²) in [5, 5.41) is 2.76. The number of nitrogens with one attached hydrogen (secondary N) is 1. The van der Waals surface area contributed by atoms with Crippen LogP contribution in [0.5, 0.6) is 0 Å². The Bertz CT molecular complexity index is 380. The van der Waals surface area contributed by atoms with Crippen LogP contribution in [0.4, 0.5) is 5.69 Å². The molecule has 0 saturated heterocycles. The van der Waals surface area contributed by atoms with Gasteiger partial charge < -0.3 is 15.8 Å². The van der Waals surface area contributed by atoms with Crippen LogP contribution in [0.25, 0.3) is 0 Å². The number of nitrogens with zero attached hydrogens (tertiary/aromatic N) is 1. The summed E-state index contributed by atoms with van der Waals surface area (Å²) in [7, 11) is 0. The van der Waals surface area contributed by atoms with Crippen molar-refractivity contribution < 1.29 is 9.53 Å². The molecule has 1 aromatic rings. The third-order valence-electron chi connectivity index (χ3n) is 2.47. The molecule has 0 saturated carbocycles. The lowest BCUT2D eigenvalue weighted by Gasteiger charge is -2.08. The van der Waals surface area contributed by atoms with Crippen LogP contribution in [-0.4, -0.2) is 30.6 Å². The molecule has 0 aliphatic heterocycles. The van der Waals surface area contributed by atoms with E-state index in [2.05, 4.69) is 24.1 Å². The summed E-state index contributed by atoms with van der Waals surface area (Å²) >= 11 is 0. The molecule has 100 valence electrons. The third kappa shape index (κ3) is 5.14. The fourth-order valence-electron chi connectivity index (χ4n) is 1.37. The van der Waals surface area contributed by atoms with E-state index >= 15 is 0 Å². The second kappa shape index (κ2) is 7.66. The zero-order valence-electron chi connectivity index (χ0n) is 11.0. The number of aromatic nitrogens is 1. The number of nitrogen functional groups attached to an aromatic ring is 1. The maximum Gasteiger partial charge on any atom is 0.253 e. The van der Waals surface area contributed by atoms with E-state index in [9.17, 15) is 4.79 Å². The highest BCUT2D eigenvalue weighted by atomic mass is 16.5.